The van der Waals surface area contributed by atoms with Crippen LogP contribution in [0.3, 0.4) is 0 Å². The molecule has 0 bridgehead atoms. The first-order valence-electron chi connectivity index (χ1n) is 6.10. The molecule has 0 saturated heterocycles. The second-order valence-electron chi connectivity index (χ2n) is 4.21. The third-order valence-electron chi connectivity index (χ3n) is 2.64. The van der Waals surface area contributed by atoms with Crippen LogP contribution in [0.15, 0.2) is 54.6 Å². The van der Waals surface area contributed by atoms with Crippen LogP contribution in [0, 0.1) is 0 Å². The zero-order chi connectivity index (χ0) is 16.2. The van der Waals surface area contributed by atoms with Crippen molar-refractivity contribution in [2.24, 2.45) is 0 Å². The van der Waals surface area contributed by atoms with Crippen LogP contribution in [0.1, 0.15) is 0 Å². The predicted octanol–water partition coefficient (Wildman–Crippen LogP) is 2.91. The van der Waals surface area contributed by atoms with Crippen LogP contribution in [0.4, 0.5) is 14.4 Å². The maximum Gasteiger partial charge on any atom is 0.488 e. The molecule has 2 aromatic carbocycles. The molecule has 0 aliphatic heterocycles. The Balaban J connectivity index is 2.06. The molecule has 0 unspecified atom stereocenters. The second kappa shape index (κ2) is 6.44. The average molecular weight is 325 g/mol. The summed E-state index contributed by atoms with van der Waals surface area (Å²) in [4.78, 5) is 13.2. The lowest BCUT2D eigenvalue weighted by Gasteiger charge is -2.17. The van der Waals surface area contributed by atoms with Crippen LogP contribution in [-0.4, -0.2) is 21.6 Å². The van der Waals surface area contributed by atoms with E-state index in [0.29, 0.717) is 11.4 Å². The van der Waals surface area contributed by atoms with E-state index in [-0.39, 0.29) is 5.75 Å². The van der Waals surface area contributed by atoms with Gasteiger partial charge in [-0.3, -0.25) is 4.90 Å². The fourth-order valence-electron chi connectivity index (χ4n) is 1.60. The van der Waals surface area contributed by atoms with Gasteiger partial charge in [-0.2, -0.15) is 8.42 Å². The highest BCUT2D eigenvalue weighted by Crippen LogP contribution is 2.21. The van der Waals surface area contributed by atoms with Crippen molar-refractivity contribution in [1.29, 1.82) is 0 Å². The van der Waals surface area contributed by atoms with E-state index >= 15 is 0 Å². The molecule has 2 aromatic rings. The van der Waals surface area contributed by atoms with Crippen molar-refractivity contribution in [3.05, 3.63) is 54.6 Å². The summed E-state index contributed by atoms with van der Waals surface area (Å²) in [6, 6.07) is 13.7. The normalized spacial score (nSPS) is 10.8. The molecule has 0 aliphatic carbocycles. The minimum absolute atomic E-state index is 0.198. The molecule has 2 rings (SSSR count). The highest BCUT2D eigenvalue weighted by molar-refractivity contribution is 7.81. The van der Waals surface area contributed by atoms with Crippen LogP contribution in [0.2, 0.25) is 0 Å². The van der Waals surface area contributed by atoms with Gasteiger partial charge in [0, 0.05) is 12.7 Å². The number of anilines is 1. The maximum absolute atomic E-state index is 12.4. The third kappa shape index (κ3) is 4.45. The third-order valence-corrected chi connectivity index (χ3v) is 3.03. The number of para-hydroxylation sites is 1. The van der Waals surface area contributed by atoms with E-state index < -0.39 is 16.6 Å². The largest absolute Gasteiger partial charge is 0.488 e. The highest BCUT2D eigenvalue weighted by atomic mass is 32.3. The lowest BCUT2D eigenvalue weighted by molar-refractivity contribution is 0.209. The number of amides is 1. The molecule has 0 aromatic heterocycles. The molecule has 116 valence electrons. The number of rotatable bonds is 4. The number of carbonyl (C=O) groups is 1. The number of ether oxygens (including phenoxy) is 1. The van der Waals surface area contributed by atoms with Crippen molar-refractivity contribution >= 4 is 22.3 Å². The van der Waals surface area contributed by atoms with Gasteiger partial charge < -0.3 is 8.92 Å². The molecule has 0 radical (unpaired) electrons. The van der Waals surface area contributed by atoms with Gasteiger partial charge in [0.05, 0.1) is 0 Å². The van der Waals surface area contributed by atoms with Gasteiger partial charge in [0.25, 0.3) is 0 Å². The van der Waals surface area contributed by atoms with Gasteiger partial charge in [0.2, 0.25) is 0 Å². The van der Waals surface area contributed by atoms with E-state index in [9.17, 15) is 17.1 Å². The minimum Gasteiger partial charge on any atom is -0.410 e. The van der Waals surface area contributed by atoms with Crippen LogP contribution in [0.25, 0.3) is 0 Å². The molecule has 0 aliphatic rings. The molecule has 22 heavy (non-hydrogen) atoms. The topological polar surface area (TPSA) is 72.9 Å². The van der Waals surface area contributed by atoms with Crippen molar-refractivity contribution in [1.82, 2.24) is 0 Å². The van der Waals surface area contributed by atoms with Gasteiger partial charge in [0.1, 0.15) is 11.5 Å². The highest BCUT2D eigenvalue weighted by Gasteiger charge is 2.14. The molecule has 6 nitrogen and oxygen atoms in total. The van der Waals surface area contributed by atoms with E-state index in [2.05, 4.69) is 4.18 Å². The van der Waals surface area contributed by atoms with E-state index in [0.717, 1.165) is 0 Å². The van der Waals surface area contributed by atoms with Gasteiger partial charge in [-0.25, -0.2) is 4.79 Å². The molecule has 0 saturated carbocycles. The van der Waals surface area contributed by atoms with Crippen molar-refractivity contribution < 1.29 is 26.0 Å². The Morgan fingerprint density at radius 3 is 2.14 bits per heavy atom. The number of halogens is 1. The summed E-state index contributed by atoms with van der Waals surface area (Å²) in [7, 11) is -3.59. The van der Waals surface area contributed by atoms with E-state index in [1.165, 1.54) is 36.2 Å². The second-order valence-corrected chi connectivity index (χ2v) is 5.16. The van der Waals surface area contributed by atoms with E-state index in [4.69, 9.17) is 4.74 Å². The Kier molecular flexibility index (Phi) is 4.62. The molecule has 0 N–H and O–H groups in total. The van der Waals surface area contributed by atoms with Gasteiger partial charge in [-0.15, -0.1) is 0 Å². The summed E-state index contributed by atoms with van der Waals surface area (Å²) in [5.74, 6) is 0.193. The molecule has 0 atom stereocenters. The summed E-state index contributed by atoms with van der Waals surface area (Å²) in [6.45, 7) is 0. The molecule has 1 amide bonds. The lowest BCUT2D eigenvalue weighted by Crippen LogP contribution is -2.29. The van der Waals surface area contributed by atoms with Gasteiger partial charge in [0.15, 0.2) is 0 Å². The summed E-state index contributed by atoms with van der Waals surface area (Å²) >= 11 is 0. The molecule has 0 heterocycles. The monoisotopic (exact) mass is 325 g/mol. The quantitative estimate of drug-likeness (QED) is 0.808. The smallest absolute Gasteiger partial charge is 0.410 e. The first-order chi connectivity index (χ1) is 10.3. The standard InChI is InChI=1S/C14H12FNO5S/c1-16(14(17)20-12-5-3-2-4-6-12)11-7-9-13(10-8-11)21-22(15,18)19/h2-10H,1H3. The maximum atomic E-state index is 12.4. The van der Waals surface area contributed by atoms with Gasteiger partial charge in [-0.1, -0.05) is 22.1 Å². The van der Waals surface area contributed by atoms with Crippen LogP contribution in [-0.2, 0) is 10.5 Å². The first kappa shape index (κ1) is 15.8. The van der Waals surface area contributed by atoms with E-state index in [1.807, 2.05) is 0 Å². The van der Waals surface area contributed by atoms with Crippen molar-refractivity contribution in [3.63, 3.8) is 0 Å². The molecule has 0 fully saturated rings. The van der Waals surface area contributed by atoms with Crippen LogP contribution in [0.5, 0.6) is 11.5 Å². The Labute approximate surface area is 127 Å². The van der Waals surface area contributed by atoms with Crippen molar-refractivity contribution in [2.45, 2.75) is 0 Å². The van der Waals surface area contributed by atoms with Gasteiger partial charge in [-0.05, 0) is 36.4 Å². The number of benzene rings is 2. The Morgan fingerprint density at radius 2 is 1.59 bits per heavy atom. The average Bonchev–Trinajstić information content (AvgIpc) is 2.46. The first-order valence-corrected chi connectivity index (χ1v) is 7.41. The molecular formula is C14H12FNO5S. The minimum atomic E-state index is -5.07. The Morgan fingerprint density at radius 1 is 1.00 bits per heavy atom. The van der Waals surface area contributed by atoms with Crippen molar-refractivity contribution in [2.75, 3.05) is 11.9 Å². The molecular weight excluding hydrogens is 313 g/mol. The summed E-state index contributed by atoms with van der Waals surface area (Å²) < 4.78 is 42.3. The number of nitrogens with zero attached hydrogens (tertiary/aromatic N) is 1. The number of hydrogen-bond donors (Lipinski definition) is 0. The van der Waals surface area contributed by atoms with Crippen LogP contribution < -0.4 is 13.8 Å². The zero-order valence-corrected chi connectivity index (χ0v) is 12.3. The summed E-state index contributed by atoms with van der Waals surface area (Å²) in [5.41, 5.74) is 0.421. The van der Waals surface area contributed by atoms with Crippen LogP contribution >= 0.6 is 0 Å². The van der Waals surface area contributed by atoms with Crippen molar-refractivity contribution in [3.8, 4) is 11.5 Å². The fourth-order valence-corrected chi connectivity index (χ4v) is 1.94. The number of hydrogen-bond acceptors (Lipinski definition) is 5. The zero-order valence-electron chi connectivity index (χ0n) is 11.5. The lowest BCUT2D eigenvalue weighted by atomic mass is 10.3. The van der Waals surface area contributed by atoms with E-state index in [1.54, 1.807) is 30.3 Å². The fraction of sp³-hybridized carbons (Fsp3) is 0.0714. The predicted molar refractivity (Wildman–Crippen MR) is 78.0 cm³/mol. The SMILES string of the molecule is CN(C(=O)Oc1ccccc1)c1ccc(OS(=O)(=O)F)cc1. The molecule has 0 spiro atoms. The molecule has 8 heteroatoms. The number of carbonyl (C=O) groups excluding carboxylic acids is 1. The van der Waals surface area contributed by atoms with Gasteiger partial charge >= 0.3 is 16.6 Å². The Bertz CT molecular complexity index is 747. The summed E-state index contributed by atoms with van der Waals surface area (Å²) in [6.07, 6.45) is -0.627. The Hall–Kier alpha value is -2.61. The summed E-state index contributed by atoms with van der Waals surface area (Å²) in [5, 5.41) is 0.